The average molecular weight is 304 g/mol. The molecular weight excluding hydrogens is 284 g/mol. The molecule has 4 saturated carbocycles. The van der Waals surface area contributed by atoms with Gasteiger partial charge in [0, 0.05) is 11.8 Å². The van der Waals surface area contributed by atoms with Crippen LogP contribution in [0.5, 0.6) is 5.88 Å². The normalized spacial score (nSPS) is 39.7. The summed E-state index contributed by atoms with van der Waals surface area (Å²) in [6.45, 7) is 0. The third-order valence-corrected chi connectivity index (χ3v) is 6.75. The number of hydrogen-bond acceptors (Lipinski definition) is 3. The maximum atomic E-state index is 6.64. The van der Waals surface area contributed by atoms with Crippen molar-refractivity contribution in [2.45, 2.75) is 37.7 Å². The number of hydrogen-bond donors (Lipinski definition) is 0. The van der Waals surface area contributed by atoms with Gasteiger partial charge < -0.3 is 4.74 Å². The van der Waals surface area contributed by atoms with Gasteiger partial charge in [-0.1, -0.05) is 12.1 Å². The van der Waals surface area contributed by atoms with Crippen molar-refractivity contribution in [1.29, 1.82) is 0 Å². The molecule has 5 aliphatic rings. The lowest BCUT2D eigenvalue weighted by Gasteiger charge is -2.59. The van der Waals surface area contributed by atoms with Crippen LogP contribution in [-0.4, -0.2) is 15.6 Å². The minimum Gasteiger partial charge on any atom is -0.465 e. The van der Waals surface area contributed by atoms with Crippen LogP contribution in [0.15, 0.2) is 30.3 Å². The summed E-state index contributed by atoms with van der Waals surface area (Å²) in [5, 5.41) is 0. The lowest BCUT2D eigenvalue weighted by atomic mass is 9.49. The van der Waals surface area contributed by atoms with E-state index in [1.807, 2.05) is 24.3 Å². The van der Waals surface area contributed by atoms with E-state index in [1.54, 1.807) is 0 Å². The van der Waals surface area contributed by atoms with E-state index in [0.717, 1.165) is 34.4 Å². The monoisotopic (exact) mass is 304 g/mol. The van der Waals surface area contributed by atoms with Crippen LogP contribution in [0.25, 0.3) is 17.1 Å². The third kappa shape index (κ3) is 1.60. The molecule has 23 heavy (non-hydrogen) atoms. The first kappa shape index (κ1) is 12.5. The molecule has 0 unspecified atom stereocenters. The van der Waals surface area contributed by atoms with Crippen molar-refractivity contribution in [3.8, 4) is 5.88 Å². The lowest BCUT2D eigenvalue weighted by molar-refractivity contribution is -0.130. The Bertz CT molecular complexity index is 813. The molecule has 4 aliphatic carbocycles. The maximum absolute atomic E-state index is 6.64. The van der Waals surface area contributed by atoms with E-state index in [2.05, 4.69) is 12.2 Å². The number of benzene rings is 1. The summed E-state index contributed by atoms with van der Waals surface area (Å²) < 4.78 is 6.64. The summed E-state index contributed by atoms with van der Waals surface area (Å²) in [4.78, 5) is 9.52. The number of rotatable bonds is 0. The van der Waals surface area contributed by atoms with E-state index < -0.39 is 0 Å². The number of fused-ring (bicyclic) bond motifs is 2. The van der Waals surface area contributed by atoms with E-state index in [-0.39, 0.29) is 5.60 Å². The first-order valence-corrected chi connectivity index (χ1v) is 8.95. The van der Waals surface area contributed by atoms with E-state index in [0.29, 0.717) is 11.8 Å². The smallest absolute Gasteiger partial charge is 0.241 e. The summed E-state index contributed by atoms with van der Waals surface area (Å²) in [5.74, 6) is 4.00. The lowest BCUT2D eigenvalue weighted by Crippen LogP contribution is -2.60. The van der Waals surface area contributed by atoms with Gasteiger partial charge in [0.1, 0.15) is 11.3 Å². The van der Waals surface area contributed by atoms with Gasteiger partial charge in [0.05, 0.1) is 11.0 Å². The Kier molecular flexibility index (Phi) is 2.25. The topological polar surface area (TPSA) is 35.0 Å². The molecule has 7 rings (SSSR count). The second kappa shape index (κ2) is 4.14. The van der Waals surface area contributed by atoms with Crippen molar-refractivity contribution in [3.05, 3.63) is 36.0 Å². The molecule has 1 spiro atoms. The van der Waals surface area contributed by atoms with Gasteiger partial charge >= 0.3 is 0 Å². The molecule has 0 radical (unpaired) electrons. The van der Waals surface area contributed by atoms with Crippen LogP contribution in [0.4, 0.5) is 0 Å². The first-order valence-electron chi connectivity index (χ1n) is 8.95. The van der Waals surface area contributed by atoms with Gasteiger partial charge in [-0.25, -0.2) is 9.97 Å². The number of para-hydroxylation sites is 2. The highest BCUT2D eigenvalue weighted by Crippen LogP contribution is 2.60. The van der Waals surface area contributed by atoms with Gasteiger partial charge in [0.25, 0.3) is 0 Å². The Morgan fingerprint density at radius 3 is 2.22 bits per heavy atom. The Hall–Kier alpha value is -1.90. The molecule has 0 atom stereocenters. The average Bonchev–Trinajstić information content (AvgIpc) is 2.57. The van der Waals surface area contributed by atoms with Gasteiger partial charge in [0.2, 0.25) is 5.88 Å². The molecular formula is C20H20N2O. The second-order valence-corrected chi connectivity index (χ2v) is 8.00. The van der Waals surface area contributed by atoms with Crippen molar-refractivity contribution in [2.24, 2.45) is 23.7 Å². The van der Waals surface area contributed by atoms with Gasteiger partial charge in [-0.2, -0.15) is 0 Å². The second-order valence-electron chi connectivity index (χ2n) is 8.00. The highest BCUT2D eigenvalue weighted by molar-refractivity contribution is 5.77. The van der Waals surface area contributed by atoms with Gasteiger partial charge in [-0.15, -0.1) is 0 Å². The van der Waals surface area contributed by atoms with Crippen LogP contribution in [0.2, 0.25) is 0 Å². The number of aromatic nitrogens is 2. The van der Waals surface area contributed by atoms with Crippen LogP contribution in [0.1, 0.15) is 37.8 Å². The molecule has 3 nitrogen and oxygen atoms in total. The molecule has 2 aromatic rings. The third-order valence-electron chi connectivity index (χ3n) is 6.75. The maximum Gasteiger partial charge on any atom is 0.241 e. The molecule has 0 saturated heterocycles. The van der Waals surface area contributed by atoms with Crippen molar-refractivity contribution in [1.82, 2.24) is 9.97 Å². The fourth-order valence-electron chi connectivity index (χ4n) is 5.95. The Morgan fingerprint density at radius 1 is 0.870 bits per heavy atom. The summed E-state index contributed by atoms with van der Waals surface area (Å²) in [6, 6.07) is 8.06. The molecule has 116 valence electrons. The predicted molar refractivity (Wildman–Crippen MR) is 89.0 cm³/mol. The van der Waals surface area contributed by atoms with Gasteiger partial charge in [-0.3, -0.25) is 0 Å². The van der Waals surface area contributed by atoms with Crippen LogP contribution in [0, 0.1) is 23.7 Å². The minimum atomic E-state index is -0.0996. The highest BCUT2D eigenvalue weighted by Gasteiger charge is 2.58. The highest BCUT2D eigenvalue weighted by atomic mass is 16.5. The summed E-state index contributed by atoms with van der Waals surface area (Å²) in [5.41, 5.74) is 2.67. The molecule has 0 amide bonds. The predicted octanol–water partition coefficient (Wildman–Crippen LogP) is 4.23. The zero-order chi connectivity index (χ0) is 15.0. The van der Waals surface area contributed by atoms with E-state index in [4.69, 9.17) is 14.7 Å². The SMILES string of the molecule is C1=CC2(Oc3nc4ccccc4nc31)C1CC3CC(C1)CC2C3. The minimum absolute atomic E-state index is 0.0996. The van der Waals surface area contributed by atoms with Crippen LogP contribution in [-0.2, 0) is 0 Å². The van der Waals surface area contributed by atoms with Crippen molar-refractivity contribution in [2.75, 3.05) is 0 Å². The fourth-order valence-corrected chi connectivity index (χ4v) is 5.95. The van der Waals surface area contributed by atoms with Crippen molar-refractivity contribution < 1.29 is 4.74 Å². The fraction of sp³-hybridized carbons (Fsp3) is 0.500. The molecule has 3 heteroatoms. The van der Waals surface area contributed by atoms with Crippen molar-refractivity contribution >= 4 is 17.1 Å². The van der Waals surface area contributed by atoms with E-state index in [1.165, 1.54) is 32.1 Å². The van der Waals surface area contributed by atoms with Gasteiger partial charge in [0.15, 0.2) is 0 Å². The molecule has 2 heterocycles. The van der Waals surface area contributed by atoms with Crippen LogP contribution >= 0.6 is 0 Å². The quantitative estimate of drug-likeness (QED) is 0.730. The summed E-state index contributed by atoms with van der Waals surface area (Å²) in [6.07, 6.45) is 11.4. The van der Waals surface area contributed by atoms with Crippen LogP contribution < -0.4 is 4.74 Å². The molecule has 4 bridgehead atoms. The molecule has 1 aromatic heterocycles. The summed E-state index contributed by atoms with van der Waals surface area (Å²) in [7, 11) is 0. The van der Waals surface area contributed by atoms with Crippen molar-refractivity contribution in [3.63, 3.8) is 0 Å². The van der Waals surface area contributed by atoms with E-state index in [9.17, 15) is 0 Å². The van der Waals surface area contributed by atoms with Crippen LogP contribution in [0.3, 0.4) is 0 Å². The number of ether oxygens (including phenoxy) is 1. The Balaban J connectivity index is 1.48. The molecule has 4 fully saturated rings. The Labute approximate surface area is 135 Å². The molecule has 0 N–H and O–H groups in total. The zero-order valence-electron chi connectivity index (χ0n) is 13.1. The molecule has 1 aromatic carbocycles. The van der Waals surface area contributed by atoms with Gasteiger partial charge in [-0.05, 0) is 68.2 Å². The standard InChI is InChI=1S/C20H20N2O/c1-2-4-17-16(3-1)21-18-5-6-20(23-19(18)22-17)14-8-12-7-13(10-14)11-15(20)9-12/h1-6,12-15H,7-11H2. The Morgan fingerprint density at radius 2 is 1.52 bits per heavy atom. The molecule has 1 aliphatic heterocycles. The van der Waals surface area contributed by atoms with E-state index >= 15 is 0 Å². The zero-order valence-corrected chi connectivity index (χ0v) is 13.1. The summed E-state index contributed by atoms with van der Waals surface area (Å²) >= 11 is 0. The number of nitrogens with zero attached hydrogens (tertiary/aromatic N) is 2. The largest absolute Gasteiger partial charge is 0.465 e. The first-order chi connectivity index (χ1) is 11.3.